The zero-order valence-corrected chi connectivity index (χ0v) is 16.4. The highest BCUT2D eigenvalue weighted by atomic mass is 127. The van der Waals surface area contributed by atoms with Crippen LogP contribution in [0.1, 0.15) is 30.2 Å². The molecule has 132 valence electrons. The van der Waals surface area contributed by atoms with Gasteiger partial charge in [0.15, 0.2) is 3.77 Å². The maximum absolute atomic E-state index is 12.7. The van der Waals surface area contributed by atoms with Gasteiger partial charge < -0.3 is 18.8 Å². The second-order valence-corrected chi connectivity index (χ2v) is 6.84. The van der Waals surface area contributed by atoms with Gasteiger partial charge in [-0.1, -0.05) is 0 Å². The van der Waals surface area contributed by atoms with E-state index >= 15 is 0 Å². The summed E-state index contributed by atoms with van der Waals surface area (Å²) in [6.07, 6.45) is 5.15. The van der Waals surface area contributed by atoms with Gasteiger partial charge in [0, 0.05) is 18.2 Å². The molecule has 2 heterocycles. The second-order valence-electron chi connectivity index (χ2n) is 5.77. The Hall–Kier alpha value is -1.96. The van der Waals surface area contributed by atoms with Crippen molar-refractivity contribution in [1.29, 1.82) is 0 Å². The molecule has 1 aromatic carbocycles. The topological polar surface area (TPSA) is 51.9 Å². The van der Waals surface area contributed by atoms with Crippen molar-refractivity contribution in [2.45, 2.75) is 18.9 Å². The van der Waals surface area contributed by atoms with E-state index in [1.165, 1.54) is 0 Å². The summed E-state index contributed by atoms with van der Waals surface area (Å²) in [5.74, 6) is 2.18. The third-order valence-electron chi connectivity index (χ3n) is 4.32. The molecule has 0 N–H and O–H groups in total. The number of likely N-dealkylation sites (tertiary alicyclic amines) is 1. The summed E-state index contributed by atoms with van der Waals surface area (Å²) in [5.41, 5.74) is 0.980. The second kappa shape index (κ2) is 7.95. The van der Waals surface area contributed by atoms with Gasteiger partial charge in [0.25, 0.3) is 0 Å². The Morgan fingerprint density at radius 1 is 1.28 bits per heavy atom. The standard InChI is InChI=1S/C19H20INO4/c1-23-14-5-8-17(24-2)15(12-14)16-4-3-11-21(16)19(22)10-7-13-6-9-18(20)25-13/h5-10,12,16H,3-4,11H2,1-2H3/b10-7-. The van der Waals surface area contributed by atoms with E-state index in [0.29, 0.717) is 5.76 Å². The number of benzene rings is 1. The van der Waals surface area contributed by atoms with E-state index in [2.05, 4.69) is 22.6 Å². The lowest BCUT2D eigenvalue weighted by atomic mass is 10.0. The van der Waals surface area contributed by atoms with E-state index in [1.54, 1.807) is 26.4 Å². The highest BCUT2D eigenvalue weighted by molar-refractivity contribution is 14.1. The van der Waals surface area contributed by atoms with Crippen molar-refractivity contribution < 1.29 is 18.7 Å². The average molecular weight is 453 g/mol. The predicted octanol–water partition coefficient (Wildman–Crippen LogP) is 4.28. The lowest BCUT2D eigenvalue weighted by molar-refractivity contribution is -0.126. The van der Waals surface area contributed by atoms with Gasteiger partial charge in [-0.05, 0) is 71.8 Å². The fourth-order valence-electron chi connectivity index (χ4n) is 3.12. The van der Waals surface area contributed by atoms with Crippen molar-refractivity contribution in [3.63, 3.8) is 0 Å². The summed E-state index contributed by atoms with van der Waals surface area (Å²) < 4.78 is 17.1. The Kier molecular flexibility index (Phi) is 5.67. The SMILES string of the molecule is COc1ccc(OC)c(C2CCCN2C(=O)/C=C\c2ccc(I)o2)c1. The first kappa shape index (κ1) is 17.8. The van der Waals surface area contributed by atoms with E-state index in [0.717, 1.165) is 40.2 Å². The Balaban J connectivity index is 1.82. The van der Waals surface area contributed by atoms with Crippen molar-refractivity contribution in [3.05, 3.63) is 51.5 Å². The summed E-state index contributed by atoms with van der Waals surface area (Å²) in [6, 6.07) is 9.40. The maximum atomic E-state index is 12.7. The summed E-state index contributed by atoms with van der Waals surface area (Å²) in [4.78, 5) is 14.6. The molecular formula is C19H20INO4. The molecule has 1 aliphatic rings. The third kappa shape index (κ3) is 4.00. The molecule has 25 heavy (non-hydrogen) atoms. The number of carbonyl (C=O) groups excluding carboxylic acids is 1. The molecule has 3 rings (SSSR count). The van der Waals surface area contributed by atoms with Crippen LogP contribution in [-0.2, 0) is 4.79 Å². The molecule has 1 unspecified atom stereocenters. The first-order valence-electron chi connectivity index (χ1n) is 8.08. The molecule has 0 saturated carbocycles. The molecule has 1 amide bonds. The quantitative estimate of drug-likeness (QED) is 0.501. The zero-order chi connectivity index (χ0) is 17.8. The molecule has 6 heteroatoms. The number of halogens is 1. The zero-order valence-electron chi connectivity index (χ0n) is 14.2. The van der Waals surface area contributed by atoms with Gasteiger partial charge in [-0.25, -0.2) is 0 Å². The fraction of sp³-hybridized carbons (Fsp3) is 0.316. The molecule has 1 aliphatic heterocycles. The number of hydrogen-bond donors (Lipinski definition) is 0. The molecule has 2 aromatic rings. The molecule has 0 aliphatic carbocycles. The average Bonchev–Trinajstić information content (AvgIpc) is 3.28. The highest BCUT2D eigenvalue weighted by Crippen LogP contribution is 2.39. The predicted molar refractivity (Wildman–Crippen MR) is 104 cm³/mol. The number of amides is 1. The van der Waals surface area contributed by atoms with Crippen LogP contribution >= 0.6 is 22.6 Å². The minimum Gasteiger partial charge on any atom is -0.497 e. The molecular weight excluding hydrogens is 433 g/mol. The van der Waals surface area contributed by atoms with Crippen molar-refractivity contribution in [2.75, 3.05) is 20.8 Å². The van der Waals surface area contributed by atoms with Crippen molar-refractivity contribution >= 4 is 34.6 Å². The van der Waals surface area contributed by atoms with Crippen LogP contribution in [0.15, 0.2) is 40.8 Å². The van der Waals surface area contributed by atoms with Crippen molar-refractivity contribution in [1.82, 2.24) is 4.90 Å². The van der Waals surface area contributed by atoms with Crippen molar-refractivity contribution in [3.8, 4) is 11.5 Å². The van der Waals surface area contributed by atoms with Gasteiger partial charge in [0.2, 0.25) is 5.91 Å². The first-order valence-corrected chi connectivity index (χ1v) is 9.16. The Morgan fingerprint density at radius 3 is 2.80 bits per heavy atom. The molecule has 0 radical (unpaired) electrons. The van der Waals surface area contributed by atoms with E-state index in [9.17, 15) is 4.79 Å². The summed E-state index contributed by atoms with van der Waals surface area (Å²) in [7, 11) is 3.28. The smallest absolute Gasteiger partial charge is 0.247 e. The minimum atomic E-state index is -0.0289. The van der Waals surface area contributed by atoms with Crippen molar-refractivity contribution in [2.24, 2.45) is 0 Å². The van der Waals surface area contributed by atoms with Crippen LogP contribution in [0.5, 0.6) is 11.5 Å². The van der Waals surface area contributed by atoms with Gasteiger partial charge in [0.05, 0.1) is 20.3 Å². The number of rotatable bonds is 5. The van der Waals surface area contributed by atoms with Gasteiger partial charge in [0.1, 0.15) is 17.3 Å². The van der Waals surface area contributed by atoms with E-state index < -0.39 is 0 Å². The van der Waals surface area contributed by atoms with Crippen LogP contribution in [-0.4, -0.2) is 31.6 Å². The maximum Gasteiger partial charge on any atom is 0.247 e. The van der Waals surface area contributed by atoms with E-state index in [-0.39, 0.29) is 11.9 Å². The van der Waals surface area contributed by atoms with Crippen LogP contribution in [0.4, 0.5) is 0 Å². The number of ether oxygens (including phenoxy) is 2. The number of nitrogens with zero attached hydrogens (tertiary/aromatic N) is 1. The minimum absolute atomic E-state index is 0.0149. The van der Waals surface area contributed by atoms with Crippen LogP contribution < -0.4 is 9.47 Å². The van der Waals surface area contributed by atoms with Gasteiger partial charge in [-0.3, -0.25) is 4.79 Å². The van der Waals surface area contributed by atoms with Crippen LogP contribution in [0, 0.1) is 3.77 Å². The normalized spacial score (nSPS) is 17.2. The van der Waals surface area contributed by atoms with Crippen LogP contribution in [0.3, 0.4) is 0 Å². The molecule has 1 saturated heterocycles. The number of carbonyl (C=O) groups is 1. The number of methoxy groups -OCH3 is 2. The van der Waals surface area contributed by atoms with Gasteiger partial charge in [-0.2, -0.15) is 0 Å². The van der Waals surface area contributed by atoms with Crippen LogP contribution in [0.25, 0.3) is 6.08 Å². The number of hydrogen-bond acceptors (Lipinski definition) is 4. The van der Waals surface area contributed by atoms with Gasteiger partial charge in [-0.15, -0.1) is 0 Å². The first-order chi connectivity index (χ1) is 12.1. The largest absolute Gasteiger partial charge is 0.497 e. The Morgan fingerprint density at radius 2 is 2.12 bits per heavy atom. The number of furan rings is 1. The van der Waals surface area contributed by atoms with Crippen LogP contribution in [0.2, 0.25) is 0 Å². The summed E-state index contributed by atoms with van der Waals surface area (Å²) >= 11 is 2.10. The van der Waals surface area contributed by atoms with Gasteiger partial charge >= 0.3 is 0 Å². The molecule has 1 atom stereocenters. The Bertz CT molecular complexity index is 783. The van der Waals surface area contributed by atoms with E-state index in [1.807, 2.05) is 35.2 Å². The highest BCUT2D eigenvalue weighted by Gasteiger charge is 2.31. The monoisotopic (exact) mass is 453 g/mol. The summed E-state index contributed by atoms with van der Waals surface area (Å²) in [5, 5.41) is 0. The molecule has 1 aromatic heterocycles. The summed E-state index contributed by atoms with van der Waals surface area (Å²) in [6.45, 7) is 0.726. The van der Waals surface area contributed by atoms with E-state index in [4.69, 9.17) is 13.9 Å². The molecule has 0 spiro atoms. The Labute approximate surface area is 160 Å². The third-order valence-corrected chi connectivity index (χ3v) is 4.90. The lowest BCUT2D eigenvalue weighted by Crippen LogP contribution is -2.29. The molecule has 1 fully saturated rings. The molecule has 0 bridgehead atoms. The fourth-order valence-corrected chi connectivity index (χ4v) is 3.55. The lowest BCUT2D eigenvalue weighted by Gasteiger charge is -2.25. The molecule has 5 nitrogen and oxygen atoms in total.